The largest absolute Gasteiger partial charge is 0.392 e. The zero-order valence-corrected chi connectivity index (χ0v) is 12.7. The van der Waals surface area contributed by atoms with Gasteiger partial charge in [-0.15, -0.1) is 0 Å². The summed E-state index contributed by atoms with van der Waals surface area (Å²) in [5, 5.41) is 24.5. The molecule has 9 heteroatoms. The molecule has 0 amide bonds. The van der Waals surface area contributed by atoms with Crippen LogP contribution in [0.3, 0.4) is 0 Å². The van der Waals surface area contributed by atoms with Crippen LogP contribution in [-0.4, -0.2) is 43.9 Å². The molecule has 1 saturated heterocycles. The van der Waals surface area contributed by atoms with E-state index in [1.165, 1.54) is 10.9 Å². The van der Waals surface area contributed by atoms with Crippen molar-refractivity contribution in [1.82, 2.24) is 14.7 Å². The van der Waals surface area contributed by atoms with Crippen molar-refractivity contribution in [2.24, 2.45) is 0 Å². The van der Waals surface area contributed by atoms with Crippen LogP contribution in [0.1, 0.15) is 18.0 Å². The number of hydrogen-bond acceptors (Lipinski definition) is 5. The number of halogens is 2. The van der Waals surface area contributed by atoms with Crippen molar-refractivity contribution in [2.45, 2.75) is 25.1 Å². The number of aliphatic hydroxyl groups is 1. The van der Waals surface area contributed by atoms with E-state index in [-0.39, 0.29) is 11.3 Å². The van der Waals surface area contributed by atoms with E-state index in [1.807, 2.05) is 4.90 Å². The van der Waals surface area contributed by atoms with Crippen LogP contribution in [0.2, 0.25) is 0 Å². The van der Waals surface area contributed by atoms with Gasteiger partial charge in [-0.2, -0.15) is 5.10 Å². The number of likely N-dealkylation sites (tertiary alicyclic amines) is 1. The third kappa shape index (κ3) is 3.41. The van der Waals surface area contributed by atoms with Gasteiger partial charge in [0.2, 0.25) is 0 Å². The SMILES string of the molecule is O=[N+]([O-])c1cnn(CCN2CC(O)CC2c2cc(F)ccc2F)c1. The van der Waals surface area contributed by atoms with Gasteiger partial charge >= 0.3 is 5.69 Å². The molecule has 7 nitrogen and oxygen atoms in total. The van der Waals surface area contributed by atoms with E-state index in [4.69, 9.17) is 0 Å². The third-order valence-corrected chi connectivity index (χ3v) is 4.15. The standard InChI is InChI=1S/C15H16F2N4O3/c16-10-1-2-14(17)13(5-10)15-6-12(22)9-19(15)3-4-20-8-11(7-18-20)21(23)24/h1-2,5,7-8,12,15,22H,3-4,6,9H2. The van der Waals surface area contributed by atoms with Gasteiger partial charge in [0, 0.05) is 24.7 Å². The molecule has 24 heavy (non-hydrogen) atoms. The minimum Gasteiger partial charge on any atom is -0.392 e. The molecule has 1 N–H and O–H groups in total. The normalized spacial score (nSPS) is 21.3. The molecule has 1 aliphatic rings. The van der Waals surface area contributed by atoms with Gasteiger partial charge in [-0.05, 0) is 24.6 Å². The number of hydrogen-bond donors (Lipinski definition) is 1. The molecule has 1 aromatic heterocycles. The number of β-amino-alcohol motifs (C(OH)–C–C–N with tert-alkyl or cyclic N) is 1. The highest BCUT2D eigenvalue weighted by Gasteiger charge is 2.33. The minimum atomic E-state index is -0.635. The predicted octanol–water partition coefficient (Wildman–Crippen LogP) is 1.88. The smallest absolute Gasteiger partial charge is 0.306 e. The molecule has 1 fully saturated rings. The molecular formula is C15H16F2N4O3. The summed E-state index contributed by atoms with van der Waals surface area (Å²) in [4.78, 5) is 12.0. The number of nitrogens with zero attached hydrogens (tertiary/aromatic N) is 4. The fourth-order valence-electron chi connectivity index (χ4n) is 3.02. The number of aromatic nitrogens is 2. The lowest BCUT2D eigenvalue weighted by Gasteiger charge is -2.24. The molecule has 2 aromatic rings. The van der Waals surface area contributed by atoms with Crippen molar-refractivity contribution in [2.75, 3.05) is 13.1 Å². The lowest BCUT2D eigenvalue weighted by molar-refractivity contribution is -0.385. The van der Waals surface area contributed by atoms with Crippen LogP contribution in [0.5, 0.6) is 0 Å². The first-order valence-corrected chi connectivity index (χ1v) is 7.48. The fraction of sp³-hybridized carbons (Fsp3) is 0.400. The van der Waals surface area contributed by atoms with E-state index in [9.17, 15) is 24.0 Å². The van der Waals surface area contributed by atoms with Gasteiger partial charge in [0.15, 0.2) is 0 Å². The van der Waals surface area contributed by atoms with E-state index in [0.29, 0.717) is 26.1 Å². The van der Waals surface area contributed by atoms with Crippen molar-refractivity contribution in [1.29, 1.82) is 0 Å². The molecule has 2 unspecified atom stereocenters. The molecular weight excluding hydrogens is 322 g/mol. The first-order chi connectivity index (χ1) is 11.4. The summed E-state index contributed by atoms with van der Waals surface area (Å²) in [6, 6.07) is 2.83. The van der Waals surface area contributed by atoms with Crippen molar-refractivity contribution in [3.8, 4) is 0 Å². The van der Waals surface area contributed by atoms with Crippen LogP contribution in [0.15, 0.2) is 30.6 Å². The molecule has 1 aromatic carbocycles. The average Bonchev–Trinajstić information content (AvgIpc) is 3.14. The Morgan fingerprint density at radius 2 is 2.17 bits per heavy atom. The maximum Gasteiger partial charge on any atom is 0.306 e. The average molecular weight is 338 g/mol. The minimum absolute atomic E-state index is 0.107. The summed E-state index contributed by atoms with van der Waals surface area (Å²) in [5.41, 5.74) is 0.0992. The Bertz CT molecular complexity index is 752. The highest BCUT2D eigenvalue weighted by molar-refractivity contribution is 5.24. The van der Waals surface area contributed by atoms with Crippen LogP contribution in [0.4, 0.5) is 14.5 Å². The quantitative estimate of drug-likeness (QED) is 0.665. The first kappa shape index (κ1) is 16.5. The number of nitro groups is 1. The first-order valence-electron chi connectivity index (χ1n) is 7.48. The summed E-state index contributed by atoms with van der Waals surface area (Å²) in [6.45, 7) is 1.06. The Morgan fingerprint density at radius 3 is 2.88 bits per heavy atom. The number of aliphatic hydroxyl groups excluding tert-OH is 1. The Labute approximate surface area is 136 Å². The Hall–Kier alpha value is -2.39. The van der Waals surface area contributed by atoms with Crippen molar-refractivity contribution < 1.29 is 18.8 Å². The van der Waals surface area contributed by atoms with Crippen LogP contribution >= 0.6 is 0 Å². The van der Waals surface area contributed by atoms with Crippen LogP contribution in [-0.2, 0) is 6.54 Å². The topological polar surface area (TPSA) is 84.4 Å². The second-order valence-electron chi connectivity index (χ2n) is 5.78. The number of rotatable bonds is 5. The van der Waals surface area contributed by atoms with Crippen molar-refractivity contribution in [3.63, 3.8) is 0 Å². The van der Waals surface area contributed by atoms with Gasteiger partial charge in [0.1, 0.15) is 24.0 Å². The molecule has 2 heterocycles. The summed E-state index contributed by atoms with van der Waals surface area (Å²) in [6.07, 6.45) is 2.14. The lowest BCUT2D eigenvalue weighted by Crippen LogP contribution is -2.29. The third-order valence-electron chi connectivity index (χ3n) is 4.15. The van der Waals surface area contributed by atoms with Gasteiger partial charge < -0.3 is 5.11 Å². The van der Waals surface area contributed by atoms with E-state index in [2.05, 4.69) is 5.10 Å². The molecule has 2 atom stereocenters. The number of benzene rings is 1. The molecule has 1 aliphatic heterocycles. The molecule has 0 bridgehead atoms. The Morgan fingerprint density at radius 1 is 1.38 bits per heavy atom. The lowest BCUT2D eigenvalue weighted by atomic mass is 10.0. The van der Waals surface area contributed by atoms with Crippen LogP contribution in [0.25, 0.3) is 0 Å². The van der Waals surface area contributed by atoms with Gasteiger partial charge in [-0.1, -0.05) is 0 Å². The summed E-state index contributed by atoms with van der Waals surface area (Å²) >= 11 is 0. The maximum atomic E-state index is 14.0. The zero-order chi connectivity index (χ0) is 17.3. The van der Waals surface area contributed by atoms with Gasteiger partial charge in [0.25, 0.3) is 0 Å². The van der Waals surface area contributed by atoms with E-state index < -0.39 is 28.7 Å². The zero-order valence-electron chi connectivity index (χ0n) is 12.7. The van der Waals surface area contributed by atoms with Gasteiger partial charge in [0.05, 0.1) is 17.6 Å². The highest BCUT2D eigenvalue weighted by Crippen LogP contribution is 2.33. The molecule has 0 aliphatic carbocycles. The fourth-order valence-corrected chi connectivity index (χ4v) is 3.02. The maximum absolute atomic E-state index is 14.0. The molecule has 0 spiro atoms. The van der Waals surface area contributed by atoms with Gasteiger partial charge in [-0.3, -0.25) is 19.7 Å². The predicted molar refractivity (Wildman–Crippen MR) is 80.2 cm³/mol. The van der Waals surface area contributed by atoms with Crippen LogP contribution in [0, 0.1) is 21.7 Å². The summed E-state index contributed by atoms with van der Waals surface area (Å²) in [7, 11) is 0. The monoisotopic (exact) mass is 338 g/mol. The van der Waals surface area contributed by atoms with Crippen LogP contribution < -0.4 is 0 Å². The molecule has 128 valence electrons. The molecule has 3 rings (SSSR count). The van der Waals surface area contributed by atoms with Crippen molar-refractivity contribution in [3.05, 3.63) is 57.9 Å². The second-order valence-corrected chi connectivity index (χ2v) is 5.78. The highest BCUT2D eigenvalue weighted by atomic mass is 19.1. The molecule has 0 saturated carbocycles. The second kappa shape index (κ2) is 6.62. The van der Waals surface area contributed by atoms with E-state index >= 15 is 0 Å². The van der Waals surface area contributed by atoms with Gasteiger partial charge in [-0.25, -0.2) is 8.78 Å². The molecule has 0 radical (unpaired) electrons. The Balaban J connectivity index is 1.73. The summed E-state index contributed by atoms with van der Waals surface area (Å²) in [5.74, 6) is -1.05. The Kier molecular flexibility index (Phi) is 4.54. The van der Waals surface area contributed by atoms with E-state index in [1.54, 1.807) is 0 Å². The summed E-state index contributed by atoms with van der Waals surface area (Å²) < 4.78 is 28.9. The van der Waals surface area contributed by atoms with Crippen molar-refractivity contribution >= 4 is 5.69 Å². The van der Waals surface area contributed by atoms with E-state index in [0.717, 1.165) is 24.4 Å².